The van der Waals surface area contributed by atoms with Crippen molar-refractivity contribution < 1.29 is 9.50 Å². The van der Waals surface area contributed by atoms with E-state index < -0.39 is 6.04 Å². The highest BCUT2D eigenvalue weighted by atomic mass is 19.1. The number of halogens is 1. The van der Waals surface area contributed by atoms with E-state index in [1.54, 1.807) is 19.1 Å². The van der Waals surface area contributed by atoms with Crippen LogP contribution in [-0.2, 0) is 0 Å². The van der Waals surface area contributed by atoms with Crippen LogP contribution >= 0.6 is 0 Å². The minimum absolute atomic E-state index is 0.120. The Balaban J connectivity index is 2.96. The molecule has 1 rings (SSSR count). The van der Waals surface area contributed by atoms with E-state index in [9.17, 15) is 4.39 Å². The van der Waals surface area contributed by atoms with E-state index in [0.717, 1.165) is 5.56 Å². The van der Waals surface area contributed by atoms with Gasteiger partial charge in [0.25, 0.3) is 0 Å². The Labute approximate surface area is 70.8 Å². The number of aliphatic hydroxyl groups excluding tert-OH is 1. The van der Waals surface area contributed by atoms with Crippen LogP contribution in [0.5, 0.6) is 0 Å². The molecule has 0 spiro atoms. The first kappa shape index (κ1) is 9.16. The number of hydrogen-bond donors (Lipinski definition) is 2. The van der Waals surface area contributed by atoms with Gasteiger partial charge >= 0.3 is 0 Å². The molecule has 3 heteroatoms. The number of nitrogens with two attached hydrogens (primary N) is 1. The maximum absolute atomic E-state index is 12.8. The fourth-order valence-corrected chi connectivity index (χ4v) is 1.00. The maximum atomic E-state index is 12.8. The van der Waals surface area contributed by atoms with Gasteiger partial charge in [0.2, 0.25) is 0 Å². The summed E-state index contributed by atoms with van der Waals surface area (Å²) in [6.07, 6.45) is 0. The Bertz CT molecular complexity index is 275. The van der Waals surface area contributed by atoms with E-state index in [2.05, 4.69) is 0 Å². The van der Waals surface area contributed by atoms with Crippen molar-refractivity contribution in [2.24, 2.45) is 5.73 Å². The lowest BCUT2D eigenvalue weighted by molar-refractivity contribution is 0.268. The third-order valence-corrected chi connectivity index (χ3v) is 1.81. The molecule has 0 radical (unpaired) electrons. The van der Waals surface area contributed by atoms with Gasteiger partial charge in [0, 0.05) is 0 Å². The third kappa shape index (κ3) is 1.81. The van der Waals surface area contributed by atoms with Crippen LogP contribution in [0.3, 0.4) is 0 Å². The fraction of sp³-hybridized carbons (Fsp3) is 0.333. The van der Waals surface area contributed by atoms with E-state index in [1.807, 2.05) is 0 Å². The smallest absolute Gasteiger partial charge is 0.126 e. The molecule has 0 amide bonds. The van der Waals surface area contributed by atoms with E-state index in [0.29, 0.717) is 5.56 Å². The molecule has 0 aromatic heterocycles. The normalized spacial score (nSPS) is 13.0. The zero-order valence-corrected chi connectivity index (χ0v) is 6.92. The number of benzene rings is 1. The van der Waals surface area contributed by atoms with Crippen LogP contribution in [0.1, 0.15) is 17.2 Å². The summed E-state index contributed by atoms with van der Waals surface area (Å²) in [5, 5.41) is 8.73. The Morgan fingerprint density at radius 2 is 2.25 bits per heavy atom. The van der Waals surface area contributed by atoms with Crippen molar-refractivity contribution in [1.82, 2.24) is 0 Å². The van der Waals surface area contributed by atoms with E-state index in [4.69, 9.17) is 10.8 Å². The second kappa shape index (κ2) is 3.65. The molecule has 0 aliphatic carbocycles. The van der Waals surface area contributed by atoms with Crippen LogP contribution in [0.15, 0.2) is 18.2 Å². The van der Waals surface area contributed by atoms with Crippen LogP contribution in [0, 0.1) is 12.7 Å². The first-order valence-corrected chi connectivity index (χ1v) is 3.77. The quantitative estimate of drug-likeness (QED) is 0.697. The average Bonchev–Trinajstić information content (AvgIpc) is 2.08. The molecule has 0 aliphatic rings. The molecule has 66 valence electrons. The molecule has 1 atom stereocenters. The highest BCUT2D eigenvalue weighted by Gasteiger charge is 2.05. The number of aryl methyl sites for hydroxylation is 1. The SMILES string of the molecule is Cc1cc([C@H](N)CO)ccc1F. The zero-order chi connectivity index (χ0) is 9.14. The average molecular weight is 169 g/mol. The molecule has 1 aromatic carbocycles. The molecule has 0 heterocycles. The molecule has 0 bridgehead atoms. The monoisotopic (exact) mass is 169 g/mol. The summed E-state index contributed by atoms with van der Waals surface area (Å²) in [5.74, 6) is -0.246. The van der Waals surface area contributed by atoms with Gasteiger partial charge in [-0.3, -0.25) is 0 Å². The van der Waals surface area contributed by atoms with E-state index in [-0.39, 0.29) is 12.4 Å². The predicted molar refractivity (Wildman–Crippen MR) is 45.2 cm³/mol. The lowest BCUT2D eigenvalue weighted by atomic mass is 10.1. The highest BCUT2D eigenvalue weighted by molar-refractivity contribution is 5.26. The molecule has 3 N–H and O–H groups in total. The van der Waals surface area contributed by atoms with Gasteiger partial charge in [-0.15, -0.1) is 0 Å². The van der Waals surface area contributed by atoms with Gasteiger partial charge < -0.3 is 10.8 Å². The number of hydrogen-bond acceptors (Lipinski definition) is 2. The van der Waals surface area contributed by atoms with Gasteiger partial charge in [-0.05, 0) is 24.1 Å². The second-order valence-corrected chi connectivity index (χ2v) is 2.80. The minimum atomic E-state index is -0.413. The third-order valence-electron chi connectivity index (χ3n) is 1.81. The Morgan fingerprint density at radius 3 is 2.75 bits per heavy atom. The summed E-state index contributed by atoms with van der Waals surface area (Å²) in [6, 6.07) is 4.18. The summed E-state index contributed by atoms with van der Waals surface area (Å²) >= 11 is 0. The van der Waals surface area contributed by atoms with Crippen LogP contribution < -0.4 is 5.73 Å². The summed E-state index contributed by atoms with van der Waals surface area (Å²) in [6.45, 7) is 1.55. The van der Waals surface area contributed by atoms with Crippen LogP contribution in [0.4, 0.5) is 4.39 Å². The van der Waals surface area contributed by atoms with Crippen molar-refractivity contribution in [3.8, 4) is 0 Å². The Kier molecular flexibility index (Phi) is 2.78. The number of rotatable bonds is 2. The molecule has 0 saturated carbocycles. The molecular formula is C9H12FNO. The van der Waals surface area contributed by atoms with Crippen molar-refractivity contribution in [1.29, 1.82) is 0 Å². The van der Waals surface area contributed by atoms with Gasteiger partial charge in [-0.2, -0.15) is 0 Å². The van der Waals surface area contributed by atoms with Crippen molar-refractivity contribution in [3.63, 3.8) is 0 Å². The van der Waals surface area contributed by atoms with Crippen LogP contribution in [0.25, 0.3) is 0 Å². The summed E-state index contributed by atoms with van der Waals surface area (Å²) < 4.78 is 12.8. The van der Waals surface area contributed by atoms with Crippen molar-refractivity contribution in [3.05, 3.63) is 35.1 Å². The molecule has 0 aliphatic heterocycles. The van der Waals surface area contributed by atoms with Gasteiger partial charge in [-0.1, -0.05) is 12.1 Å². The second-order valence-electron chi connectivity index (χ2n) is 2.80. The molecule has 1 aromatic rings. The van der Waals surface area contributed by atoms with Gasteiger partial charge in [0.15, 0.2) is 0 Å². The Hall–Kier alpha value is -0.930. The summed E-state index contributed by atoms with van der Waals surface area (Å²) in [7, 11) is 0. The fourth-order valence-electron chi connectivity index (χ4n) is 1.00. The molecule has 0 saturated heterocycles. The van der Waals surface area contributed by atoms with Gasteiger partial charge in [0.05, 0.1) is 12.6 Å². The molecular weight excluding hydrogens is 157 g/mol. The largest absolute Gasteiger partial charge is 0.394 e. The zero-order valence-electron chi connectivity index (χ0n) is 6.92. The van der Waals surface area contributed by atoms with E-state index >= 15 is 0 Å². The van der Waals surface area contributed by atoms with Crippen LogP contribution in [-0.4, -0.2) is 11.7 Å². The lowest BCUT2D eigenvalue weighted by Gasteiger charge is -2.08. The maximum Gasteiger partial charge on any atom is 0.126 e. The van der Waals surface area contributed by atoms with E-state index in [1.165, 1.54) is 6.07 Å². The van der Waals surface area contributed by atoms with Gasteiger partial charge in [-0.25, -0.2) is 4.39 Å². The molecule has 12 heavy (non-hydrogen) atoms. The van der Waals surface area contributed by atoms with Gasteiger partial charge in [0.1, 0.15) is 5.82 Å². The molecule has 0 fully saturated rings. The first-order valence-electron chi connectivity index (χ1n) is 3.77. The molecule has 2 nitrogen and oxygen atoms in total. The summed E-state index contributed by atoms with van der Waals surface area (Å²) in [4.78, 5) is 0. The summed E-state index contributed by atoms with van der Waals surface area (Å²) in [5.41, 5.74) is 6.85. The predicted octanol–water partition coefficient (Wildman–Crippen LogP) is 1.13. The topological polar surface area (TPSA) is 46.2 Å². The first-order chi connectivity index (χ1) is 5.65. The standard InChI is InChI=1S/C9H12FNO/c1-6-4-7(9(11)5-12)2-3-8(6)10/h2-4,9,12H,5,11H2,1H3/t9-/m1/s1. The molecule has 0 unspecified atom stereocenters. The lowest BCUT2D eigenvalue weighted by Crippen LogP contribution is -2.14. The van der Waals surface area contributed by atoms with Crippen molar-refractivity contribution >= 4 is 0 Å². The van der Waals surface area contributed by atoms with Crippen LogP contribution in [0.2, 0.25) is 0 Å². The van der Waals surface area contributed by atoms with Crippen molar-refractivity contribution in [2.75, 3.05) is 6.61 Å². The highest BCUT2D eigenvalue weighted by Crippen LogP contribution is 2.14. The Morgan fingerprint density at radius 1 is 1.58 bits per heavy atom. The van der Waals surface area contributed by atoms with Crippen molar-refractivity contribution in [2.45, 2.75) is 13.0 Å². The number of aliphatic hydroxyl groups is 1. The minimum Gasteiger partial charge on any atom is -0.394 e.